The molecule has 1 aliphatic rings. The van der Waals surface area contributed by atoms with Crippen molar-refractivity contribution in [1.29, 1.82) is 0 Å². The number of carbonyl (C=O) groups excluding carboxylic acids is 2. The minimum absolute atomic E-state index is 0.0560. The van der Waals surface area contributed by atoms with Gasteiger partial charge in [0.05, 0.1) is 15.7 Å². The molecule has 3 rings (SSSR count). The number of nitrogens with one attached hydrogen (secondary N) is 3. The number of anilines is 1. The summed E-state index contributed by atoms with van der Waals surface area (Å²) >= 11 is 12.1. The summed E-state index contributed by atoms with van der Waals surface area (Å²) in [5.74, 6) is -0.674. The van der Waals surface area contributed by atoms with E-state index in [9.17, 15) is 9.59 Å². The molecule has 9 heteroatoms. The van der Waals surface area contributed by atoms with Crippen LogP contribution in [0.2, 0.25) is 10.0 Å². The molecule has 5 N–H and O–H groups in total. The van der Waals surface area contributed by atoms with E-state index < -0.39 is 11.8 Å². The van der Waals surface area contributed by atoms with Crippen LogP contribution in [0.25, 0.3) is 0 Å². The number of aromatic amines is 1. The Kier molecular flexibility index (Phi) is 5.41. The average Bonchev–Trinajstić information content (AvgIpc) is 3.20. The van der Waals surface area contributed by atoms with Crippen LogP contribution < -0.4 is 21.1 Å². The Morgan fingerprint density at radius 2 is 2.08 bits per heavy atom. The SMILES string of the molecule is Cc1[nH]c(C(=O)Nc2ccc(C(N)=O)cc2OC2CCNC2)c(Cl)c1Cl. The highest BCUT2D eigenvalue weighted by Gasteiger charge is 2.22. The van der Waals surface area contributed by atoms with Crippen LogP contribution in [0.4, 0.5) is 5.69 Å². The lowest BCUT2D eigenvalue weighted by Crippen LogP contribution is -2.22. The Morgan fingerprint density at radius 3 is 2.65 bits per heavy atom. The fourth-order valence-electron chi connectivity index (χ4n) is 2.70. The second-order valence-corrected chi connectivity index (χ2v) is 6.77. The van der Waals surface area contributed by atoms with Gasteiger partial charge in [-0.2, -0.15) is 0 Å². The first-order valence-corrected chi connectivity index (χ1v) is 8.78. The van der Waals surface area contributed by atoms with E-state index in [1.807, 2.05) is 0 Å². The number of amides is 2. The molecule has 1 atom stereocenters. The molecule has 0 saturated carbocycles. The normalized spacial score (nSPS) is 16.5. The van der Waals surface area contributed by atoms with Crippen LogP contribution in [0.1, 0.15) is 33.0 Å². The maximum absolute atomic E-state index is 12.6. The molecule has 0 spiro atoms. The number of halogens is 2. The summed E-state index contributed by atoms with van der Waals surface area (Å²) in [6, 6.07) is 4.61. The number of aryl methyl sites for hydroxylation is 1. The first-order valence-electron chi connectivity index (χ1n) is 8.03. The van der Waals surface area contributed by atoms with Crippen molar-refractivity contribution in [3.8, 4) is 5.75 Å². The Morgan fingerprint density at radius 1 is 1.31 bits per heavy atom. The lowest BCUT2D eigenvalue weighted by molar-refractivity contribution is 0.0997. The van der Waals surface area contributed by atoms with E-state index in [2.05, 4.69) is 15.6 Å². The van der Waals surface area contributed by atoms with Gasteiger partial charge in [0.2, 0.25) is 5.91 Å². The predicted molar refractivity (Wildman–Crippen MR) is 100 cm³/mol. The van der Waals surface area contributed by atoms with Gasteiger partial charge >= 0.3 is 0 Å². The van der Waals surface area contributed by atoms with E-state index in [-0.39, 0.29) is 16.8 Å². The van der Waals surface area contributed by atoms with Crippen LogP contribution in [-0.4, -0.2) is 36.0 Å². The molecule has 1 aliphatic heterocycles. The van der Waals surface area contributed by atoms with E-state index in [0.717, 1.165) is 13.0 Å². The number of ether oxygens (including phenoxy) is 1. The monoisotopic (exact) mass is 396 g/mol. The lowest BCUT2D eigenvalue weighted by atomic mass is 10.1. The van der Waals surface area contributed by atoms with Gasteiger partial charge in [0, 0.05) is 17.8 Å². The summed E-state index contributed by atoms with van der Waals surface area (Å²) in [5.41, 5.74) is 6.79. The molecule has 2 heterocycles. The molecule has 2 aromatic rings. The quantitative estimate of drug-likeness (QED) is 0.622. The Labute approximate surface area is 160 Å². The van der Waals surface area contributed by atoms with Crippen molar-refractivity contribution in [3.05, 3.63) is 45.2 Å². The highest BCUT2D eigenvalue weighted by molar-refractivity contribution is 6.44. The van der Waals surface area contributed by atoms with Crippen LogP contribution in [-0.2, 0) is 0 Å². The van der Waals surface area contributed by atoms with Crippen LogP contribution in [0.15, 0.2) is 18.2 Å². The summed E-state index contributed by atoms with van der Waals surface area (Å²) in [6.45, 7) is 3.25. The smallest absolute Gasteiger partial charge is 0.273 e. The van der Waals surface area contributed by atoms with Crippen LogP contribution in [0.3, 0.4) is 0 Å². The van der Waals surface area contributed by atoms with Crippen LogP contribution in [0.5, 0.6) is 5.75 Å². The van der Waals surface area contributed by atoms with Gasteiger partial charge in [0.1, 0.15) is 17.5 Å². The van der Waals surface area contributed by atoms with E-state index in [4.69, 9.17) is 33.7 Å². The number of H-pyrrole nitrogens is 1. The number of nitrogens with two attached hydrogens (primary N) is 1. The third-order valence-electron chi connectivity index (χ3n) is 4.10. The molecule has 1 aromatic heterocycles. The molecular formula is C17H18Cl2N4O3. The highest BCUT2D eigenvalue weighted by Crippen LogP contribution is 2.32. The first-order chi connectivity index (χ1) is 12.4. The fourth-order valence-corrected chi connectivity index (χ4v) is 3.11. The van der Waals surface area contributed by atoms with E-state index in [1.165, 1.54) is 12.1 Å². The summed E-state index contributed by atoms with van der Waals surface area (Å²) in [6.07, 6.45) is 0.769. The number of hydrogen-bond acceptors (Lipinski definition) is 4. The van der Waals surface area contributed by atoms with Gasteiger partial charge in [-0.25, -0.2) is 0 Å². The summed E-state index contributed by atoms with van der Waals surface area (Å²) in [5, 5.41) is 6.38. The Bertz CT molecular complexity index is 860. The zero-order chi connectivity index (χ0) is 18.8. The standard InChI is InChI=1S/C17H18Cl2N4O3/c1-8-13(18)14(19)15(22-8)17(25)23-11-3-2-9(16(20)24)6-12(11)26-10-4-5-21-7-10/h2-3,6,10,21-22H,4-5,7H2,1H3,(H2,20,24)(H,23,25). The molecule has 0 aliphatic carbocycles. The Hall–Kier alpha value is -2.22. The number of hydrogen-bond donors (Lipinski definition) is 4. The molecule has 138 valence electrons. The third-order valence-corrected chi connectivity index (χ3v) is 5.05. The van der Waals surface area contributed by atoms with Crippen molar-refractivity contribution in [3.63, 3.8) is 0 Å². The summed E-state index contributed by atoms with van der Waals surface area (Å²) in [7, 11) is 0. The van der Waals surface area contributed by atoms with Gasteiger partial charge in [-0.15, -0.1) is 0 Å². The Balaban J connectivity index is 1.88. The lowest BCUT2D eigenvalue weighted by Gasteiger charge is -2.17. The largest absolute Gasteiger partial charge is 0.487 e. The van der Waals surface area contributed by atoms with E-state index >= 15 is 0 Å². The maximum atomic E-state index is 12.6. The first kappa shape index (κ1) is 18.6. The molecule has 1 unspecified atom stereocenters. The van der Waals surface area contributed by atoms with Crippen molar-refractivity contribution in [2.75, 3.05) is 18.4 Å². The molecule has 1 saturated heterocycles. The number of benzene rings is 1. The van der Waals surface area contributed by atoms with Crippen LogP contribution >= 0.6 is 23.2 Å². The number of primary amides is 1. The van der Waals surface area contributed by atoms with Gasteiger partial charge in [-0.3, -0.25) is 9.59 Å². The third kappa shape index (κ3) is 3.80. The average molecular weight is 397 g/mol. The van der Waals surface area contributed by atoms with Crippen LogP contribution in [0, 0.1) is 6.92 Å². The topological polar surface area (TPSA) is 109 Å². The number of carbonyl (C=O) groups is 2. The van der Waals surface area contributed by atoms with Gasteiger partial charge < -0.3 is 26.1 Å². The zero-order valence-corrected chi connectivity index (χ0v) is 15.5. The predicted octanol–water partition coefficient (Wildman–Crippen LogP) is 2.72. The van der Waals surface area contributed by atoms with Crippen molar-refractivity contribution in [2.24, 2.45) is 5.73 Å². The molecule has 7 nitrogen and oxygen atoms in total. The van der Waals surface area contributed by atoms with Gasteiger partial charge in [-0.05, 0) is 38.1 Å². The van der Waals surface area contributed by atoms with Gasteiger partial charge in [-0.1, -0.05) is 23.2 Å². The van der Waals surface area contributed by atoms with Gasteiger partial charge in [0.15, 0.2) is 0 Å². The zero-order valence-electron chi connectivity index (χ0n) is 14.0. The molecule has 1 aromatic carbocycles. The molecule has 0 radical (unpaired) electrons. The number of rotatable bonds is 5. The molecule has 26 heavy (non-hydrogen) atoms. The van der Waals surface area contributed by atoms with Crippen molar-refractivity contribution >= 4 is 40.7 Å². The molecule has 1 fully saturated rings. The second kappa shape index (κ2) is 7.57. The number of aromatic nitrogens is 1. The minimum Gasteiger partial charge on any atom is -0.487 e. The maximum Gasteiger partial charge on any atom is 0.273 e. The van der Waals surface area contributed by atoms with Gasteiger partial charge in [0.25, 0.3) is 5.91 Å². The van der Waals surface area contributed by atoms with E-state index in [0.29, 0.717) is 34.3 Å². The second-order valence-electron chi connectivity index (χ2n) is 6.01. The molecule has 0 bridgehead atoms. The minimum atomic E-state index is -0.577. The van der Waals surface area contributed by atoms with Crippen molar-refractivity contribution in [1.82, 2.24) is 10.3 Å². The molecule has 2 amide bonds. The van der Waals surface area contributed by atoms with E-state index in [1.54, 1.807) is 13.0 Å². The highest BCUT2D eigenvalue weighted by atomic mass is 35.5. The molecular weight excluding hydrogens is 379 g/mol. The summed E-state index contributed by atoms with van der Waals surface area (Å²) in [4.78, 5) is 26.9. The fraction of sp³-hybridized carbons (Fsp3) is 0.294. The van der Waals surface area contributed by atoms with Crippen molar-refractivity contribution in [2.45, 2.75) is 19.4 Å². The van der Waals surface area contributed by atoms with Crippen molar-refractivity contribution < 1.29 is 14.3 Å². The summed E-state index contributed by atoms with van der Waals surface area (Å²) < 4.78 is 5.94.